The largest absolute Gasteiger partial charge is 0.486 e. The van der Waals surface area contributed by atoms with E-state index < -0.39 is 0 Å². The monoisotopic (exact) mass is 356 g/mol. The molecule has 0 amide bonds. The lowest BCUT2D eigenvalue weighted by Gasteiger charge is -2.18. The van der Waals surface area contributed by atoms with Crippen LogP contribution in [-0.4, -0.2) is 28.5 Å². The number of aryl methyl sites for hydroxylation is 1. The summed E-state index contributed by atoms with van der Waals surface area (Å²) >= 11 is 1.51. The number of hydrogen-bond acceptors (Lipinski definition) is 6. The smallest absolute Gasteiger partial charge is 0.262 e. The van der Waals surface area contributed by atoms with Crippen LogP contribution in [-0.2, 0) is 13.0 Å². The maximum Gasteiger partial charge on any atom is 0.262 e. The highest BCUT2D eigenvalue weighted by Crippen LogP contribution is 2.31. The van der Waals surface area contributed by atoms with Crippen molar-refractivity contribution in [3.63, 3.8) is 0 Å². The summed E-state index contributed by atoms with van der Waals surface area (Å²) in [5, 5.41) is 0.569. The number of ether oxygens (including phenoxy) is 2. The lowest BCUT2D eigenvalue weighted by Crippen LogP contribution is -2.24. The quantitative estimate of drug-likeness (QED) is 0.672. The first-order valence-electron chi connectivity index (χ1n) is 8.06. The van der Waals surface area contributed by atoms with Gasteiger partial charge in [-0.1, -0.05) is 6.92 Å². The molecule has 7 heteroatoms. The number of rotatable bonds is 4. The van der Waals surface area contributed by atoms with E-state index in [1.54, 1.807) is 18.2 Å². The van der Waals surface area contributed by atoms with Gasteiger partial charge in [0.1, 0.15) is 18.0 Å². The fourth-order valence-corrected chi connectivity index (χ4v) is 3.68. The Morgan fingerprint density at radius 2 is 2.04 bits per heavy atom. The van der Waals surface area contributed by atoms with Gasteiger partial charge in [0.05, 0.1) is 18.3 Å². The van der Waals surface area contributed by atoms with E-state index in [1.807, 2.05) is 13.0 Å². The number of aromatic nitrogens is 2. The van der Waals surface area contributed by atoms with Crippen molar-refractivity contribution in [2.45, 2.75) is 19.9 Å². The minimum absolute atomic E-state index is 0.0568. The van der Waals surface area contributed by atoms with Crippen molar-refractivity contribution in [2.75, 3.05) is 13.2 Å². The van der Waals surface area contributed by atoms with Gasteiger partial charge in [-0.15, -0.1) is 11.3 Å². The molecule has 0 aliphatic carbocycles. The van der Waals surface area contributed by atoms with Crippen LogP contribution in [0.2, 0.25) is 0 Å². The van der Waals surface area contributed by atoms with E-state index >= 15 is 0 Å². The summed E-state index contributed by atoms with van der Waals surface area (Å²) in [4.78, 5) is 31.3. The Kier molecular flexibility index (Phi) is 4.01. The Bertz CT molecular complexity index is 1020. The van der Waals surface area contributed by atoms with Gasteiger partial charge in [-0.25, -0.2) is 4.98 Å². The third-order valence-corrected chi connectivity index (χ3v) is 5.28. The maximum absolute atomic E-state index is 12.6. The molecule has 0 unspecified atom stereocenters. The zero-order chi connectivity index (χ0) is 17.4. The fraction of sp³-hybridized carbons (Fsp3) is 0.278. The number of thiophene rings is 1. The number of hydrogen-bond donors (Lipinski definition) is 0. The molecule has 0 saturated heterocycles. The van der Waals surface area contributed by atoms with Crippen molar-refractivity contribution in [3.8, 4) is 11.5 Å². The SMILES string of the molecule is CCc1cc2c(=O)n(CC(=O)c3ccc4c(c3)OCCO4)cnc2s1. The number of benzene rings is 1. The molecule has 0 radical (unpaired) electrons. The van der Waals surface area contributed by atoms with Gasteiger partial charge < -0.3 is 9.47 Å². The highest BCUT2D eigenvalue weighted by atomic mass is 32.1. The molecule has 1 aliphatic heterocycles. The van der Waals surface area contributed by atoms with Gasteiger partial charge in [0.2, 0.25) is 0 Å². The molecule has 3 heterocycles. The average molecular weight is 356 g/mol. The summed E-state index contributed by atoms with van der Waals surface area (Å²) in [6.07, 6.45) is 2.30. The summed E-state index contributed by atoms with van der Waals surface area (Å²) in [7, 11) is 0. The molecule has 0 saturated carbocycles. The van der Waals surface area contributed by atoms with Crippen molar-refractivity contribution >= 4 is 27.3 Å². The van der Waals surface area contributed by atoms with Gasteiger partial charge in [-0.05, 0) is 30.7 Å². The molecule has 4 rings (SSSR count). The Morgan fingerprint density at radius 1 is 1.24 bits per heavy atom. The van der Waals surface area contributed by atoms with E-state index in [0.717, 1.165) is 11.3 Å². The molecule has 2 aromatic heterocycles. The van der Waals surface area contributed by atoms with Crippen LogP contribution < -0.4 is 15.0 Å². The van der Waals surface area contributed by atoms with Crippen LogP contribution in [0.1, 0.15) is 22.2 Å². The highest BCUT2D eigenvalue weighted by Gasteiger charge is 2.16. The number of carbonyl (C=O) groups is 1. The summed E-state index contributed by atoms with van der Waals surface area (Å²) in [5.74, 6) is 1.02. The number of Topliss-reactive ketones (excluding diaryl/α,β-unsaturated/α-hetero) is 1. The molecule has 6 nitrogen and oxygen atoms in total. The average Bonchev–Trinajstić information content (AvgIpc) is 3.08. The normalized spacial score (nSPS) is 13.2. The number of fused-ring (bicyclic) bond motifs is 2. The lowest BCUT2D eigenvalue weighted by atomic mass is 10.1. The topological polar surface area (TPSA) is 70.4 Å². The molecule has 1 aromatic carbocycles. The predicted octanol–water partition coefficient (Wildman–Crippen LogP) is 2.67. The minimum atomic E-state index is -0.188. The first kappa shape index (κ1) is 15.8. The second kappa shape index (κ2) is 6.33. The van der Waals surface area contributed by atoms with Gasteiger partial charge in [-0.3, -0.25) is 14.2 Å². The summed E-state index contributed by atoms with van der Waals surface area (Å²) in [6, 6.07) is 6.93. The maximum atomic E-state index is 12.6. The summed E-state index contributed by atoms with van der Waals surface area (Å²) < 4.78 is 12.3. The molecule has 0 atom stereocenters. The fourth-order valence-electron chi connectivity index (χ4n) is 2.76. The molecular weight excluding hydrogens is 340 g/mol. The second-order valence-electron chi connectivity index (χ2n) is 5.74. The molecule has 128 valence electrons. The van der Waals surface area contributed by atoms with Crippen LogP contribution in [0.5, 0.6) is 11.5 Å². The van der Waals surface area contributed by atoms with E-state index in [9.17, 15) is 9.59 Å². The van der Waals surface area contributed by atoms with Gasteiger partial charge >= 0.3 is 0 Å². The predicted molar refractivity (Wildman–Crippen MR) is 95.0 cm³/mol. The van der Waals surface area contributed by atoms with Gasteiger partial charge in [0.25, 0.3) is 5.56 Å². The van der Waals surface area contributed by atoms with Crippen molar-refractivity contribution in [3.05, 3.63) is 51.4 Å². The standard InChI is InChI=1S/C18H16N2O4S/c1-2-12-8-13-17(25-12)19-10-20(18(13)22)9-14(21)11-3-4-15-16(7-11)24-6-5-23-15/h3-4,7-8,10H,2,5-6,9H2,1H3. The molecule has 25 heavy (non-hydrogen) atoms. The zero-order valence-electron chi connectivity index (χ0n) is 13.7. The van der Waals surface area contributed by atoms with Crippen LogP contribution in [0.3, 0.4) is 0 Å². The van der Waals surface area contributed by atoms with E-state index in [-0.39, 0.29) is 17.9 Å². The van der Waals surface area contributed by atoms with E-state index in [2.05, 4.69) is 4.98 Å². The van der Waals surface area contributed by atoms with Gasteiger partial charge in [-0.2, -0.15) is 0 Å². The van der Waals surface area contributed by atoms with Crippen LogP contribution in [0.4, 0.5) is 0 Å². The molecule has 0 N–H and O–H groups in total. The molecule has 0 fully saturated rings. The van der Waals surface area contributed by atoms with Gasteiger partial charge in [0, 0.05) is 10.4 Å². The van der Waals surface area contributed by atoms with E-state index in [1.165, 1.54) is 22.2 Å². The Labute approximate surface area is 147 Å². The Morgan fingerprint density at radius 3 is 2.84 bits per heavy atom. The van der Waals surface area contributed by atoms with Crippen LogP contribution in [0.25, 0.3) is 10.2 Å². The van der Waals surface area contributed by atoms with Crippen LogP contribution in [0, 0.1) is 0 Å². The zero-order valence-corrected chi connectivity index (χ0v) is 14.5. The van der Waals surface area contributed by atoms with E-state index in [4.69, 9.17) is 9.47 Å². The highest BCUT2D eigenvalue weighted by molar-refractivity contribution is 7.18. The summed E-state index contributed by atoms with van der Waals surface area (Å²) in [6.45, 7) is 2.94. The Hall–Kier alpha value is -2.67. The third-order valence-electron chi connectivity index (χ3n) is 4.10. The third kappa shape index (κ3) is 2.91. The molecule has 0 bridgehead atoms. The molecular formula is C18H16N2O4S. The number of carbonyl (C=O) groups excluding carboxylic acids is 1. The molecule has 1 aliphatic rings. The first-order chi connectivity index (χ1) is 12.2. The van der Waals surface area contributed by atoms with Crippen molar-refractivity contribution < 1.29 is 14.3 Å². The van der Waals surface area contributed by atoms with Crippen molar-refractivity contribution in [2.24, 2.45) is 0 Å². The Balaban J connectivity index is 1.63. The number of ketones is 1. The lowest BCUT2D eigenvalue weighted by molar-refractivity contribution is 0.0969. The van der Waals surface area contributed by atoms with Gasteiger partial charge in [0.15, 0.2) is 17.3 Å². The molecule has 3 aromatic rings. The van der Waals surface area contributed by atoms with Crippen molar-refractivity contribution in [1.29, 1.82) is 0 Å². The summed E-state index contributed by atoms with van der Waals surface area (Å²) in [5.41, 5.74) is 0.294. The first-order valence-corrected chi connectivity index (χ1v) is 8.88. The molecule has 0 spiro atoms. The van der Waals surface area contributed by atoms with Crippen LogP contribution >= 0.6 is 11.3 Å². The van der Waals surface area contributed by atoms with Crippen LogP contribution in [0.15, 0.2) is 35.4 Å². The van der Waals surface area contributed by atoms with Crippen molar-refractivity contribution in [1.82, 2.24) is 9.55 Å². The minimum Gasteiger partial charge on any atom is -0.486 e. The second-order valence-corrected chi connectivity index (χ2v) is 6.86. The van der Waals surface area contributed by atoms with E-state index in [0.29, 0.717) is 40.5 Å². The number of nitrogens with zero attached hydrogens (tertiary/aromatic N) is 2.